The number of unbranched alkanes of at least 4 members (excludes halogenated alkanes) is 7. The van der Waals surface area contributed by atoms with Crippen LogP contribution in [0.4, 0.5) is 0 Å². The van der Waals surface area contributed by atoms with Crippen LogP contribution in [0.3, 0.4) is 0 Å². The summed E-state index contributed by atoms with van der Waals surface area (Å²) in [6, 6.07) is 0. The molecule has 12 atom stereocenters. The third kappa shape index (κ3) is 4.47. The van der Waals surface area contributed by atoms with Crippen molar-refractivity contribution in [3.8, 4) is 0 Å². The normalized spacial score (nSPS) is 46.7. The Kier molecular flexibility index (Phi) is 8.61. The Morgan fingerprint density at radius 2 is 1.76 bits per heavy atom. The molecule has 0 amide bonds. The highest BCUT2D eigenvalue weighted by atomic mass is 16.9. The molecule has 3 aliphatic carbocycles. The van der Waals surface area contributed by atoms with Crippen LogP contribution in [0.5, 0.6) is 0 Å². The lowest BCUT2D eigenvalue weighted by molar-refractivity contribution is -0.407. The Balaban J connectivity index is 1.39. The van der Waals surface area contributed by atoms with E-state index >= 15 is 0 Å². The highest BCUT2D eigenvalue weighted by Gasteiger charge is 2.90. The zero-order valence-corrected chi connectivity index (χ0v) is 27.7. The molecule has 10 heteroatoms. The maximum atomic E-state index is 13.7. The van der Waals surface area contributed by atoms with E-state index in [1.165, 1.54) is 45.4 Å². The number of esters is 1. The fourth-order valence-corrected chi connectivity index (χ4v) is 9.37. The summed E-state index contributed by atoms with van der Waals surface area (Å²) in [6.45, 7) is 12.3. The minimum absolute atomic E-state index is 0.251. The van der Waals surface area contributed by atoms with Gasteiger partial charge >= 0.3 is 11.9 Å². The van der Waals surface area contributed by atoms with Gasteiger partial charge in [-0.1, -0.05) is 83.3 Å². The van der Waals surface area contributed by atoms with E-state index in [1.807, 2.05) is 13.0 Å². The van der Waals surface area contributed by atoms with Crippen LogP contribution in [0.1, 0.15) is 86.0 Å². The zero-order valence-electron chi connectivity index (χ0n) is 27.7. The molecule has 0 aromatic heterocycles. The van der Waals surface area contributed by atoms with Crippen molar-refractivity contribution in [2.45, 2.75) is 139 Å². The van der Waals surface area contributed by atoms with Gasteiger partial charge in [0.05, 0.1) is 12.2 Å². The van der Waals surface area contributed by atoms with Crippen molar-refractivity contribution in [1.29, 1.82) is 0 Å². The second-order valence-electron chi connectivity index (χ2n) is 14.4. The number of epoxide rings is 1. The van der Waals surface area contributed by atoms with Crippen LogP contribution in [-0.2, 0) is 33.3 Å². The smallest absolute Gasteiger partial charge is 0.307 e. The molecule has 0 aromatic carbocycles. The Morgan fingerprint density at radius 3 is 2.41 bits per heavy atom. The molecule has 3 unspecified atom stereocenters. The van der Waals surface area contributed by atoms with Crippen LogP contribution in [0, 0.1) is 17.8 Å². The fraction of sp³-hybridized carbons (Fsp3) is 0.722. The van der Waals surface area contributed by atoms with E-state index in [4.69, 9.17) is 23.7 Å². The average molecular weight is 643 g/mol. The summed E-state index contributed by atoms with van der Waals surface area (Å²) in [7, 11) is 0. The second kappa shape index (κ2) is 11.8. The maximum absolute atomic E-state index is 13.7. The van der Waals surface area contributed by atoms with Crippen molar-refractivity contribution < 1.29 is 48.6 Å². The number of carbonyl (C=O) groups is 2. The third-order valence-electron chi connectivity index (χ3n) is 11.6. The summed E-state index contributed by atoms with van der Waals surface area (Å²) in [6.07, 6.45) is 14.1. The Bertz CT molecular complexity index is 1350. The summed E-state index contributed by atoms with van der Waals surface area (Å²) in [5, 5.41) is 34.6. The summed E-state index contributed by atoms with van der Waals surface area (Å²) in [4.78, 5) is 26.3. The molecular formula is C36H50O10. The molecule has 0 radical (unpaired) electrons. The number of Topliss-reactive ketones (excluding diaryl/α,β-unsaturated/α-hetero) is 1. The number of hydrogen-bond acceptors (Lipinski definition) is 10. The highest BCUT2D eigenvalue weighted by Crippen LogP contribution is 2.73. The number of aliphatic hydroxyl groups excluding tert-OH is 2. The first-order valence-corrected chi connectivity index (χ1v) is 17.0. The molecule has 3 N–H and O–H groups in total. The van der Waals surface area contributed by atoms with Crippen LogP contribution in [0.15, 0.2) is 48.1 Å². The van der Waals surface area contributed by atoms with E-state index in [1.54, 1.807) is 32.1 Å². The number of fused-ring (bicyclic) bond motifs is 3. The SMILES string of the molecule is C=C(C)[C@@]12OC3(/C=C/C=C\CCCCCCCCC)O[C@@H]1C1[C@@H]4O[C@]4(CO)[C@@H](O)[C@]4(O)C(=O)C(C)=CC4[C@@]1(O3)[C@H](C)[C@H]2OC(C)=O. The first-order chi connectivity index (χ1) is 21.8. The third-order valence-corrected chi connectivity index (χ3v) is 11.6. The molecule has 254 valence electrons. The maximum Gasteiger partial charge on any atom is 0.307 e. The molecule has 46 heavy (non-hydrogen) atoms. The van der Waals surface area contributed by atoms with Gasteiger partial charge in [-0.05, 0) is 37.8 Å². The van der Waals surface area contributed by atoms with Crippen molar-refractivity contribution in [2.24, 2.45) is 17.8 Å². The number of carbonyl (C=O) groups excluding carboxylic acids is 2. The number of allylic oxidation sites excluding steroid dienone is 3. The Hall–Kier alpha value is -2.18. The molecule has 2 saturated carbocycles. The van der Waals surface area contributed by atoms with Crippen LogP contribution in [0.2, 0.25) is 0 Å². The van der Waals surface area contributed by atoms with Gasteiger partial charge in [0.1, 0.15) is 30.0 Å². The molecule has 3 bridgehead atoms. The highest BCUT2D eigenvalue weighted by molar-refractivity contribution is 6.05. The van der Waals surface area contributed by atoms with Crippen LogP contribution < -0.4 is 0 Å². The number of rotatable bonds is 13. The van der Waals surface area contributed by atoms with Gasteiger partial charge < -0.3 is 39.0 Å². The molecule has 6 rings (SSSR count). The van der Waals surface area contributed by atoms with Crippen LogP contribution in [0.25, 0.3) is 0 Å². The lowest BCUT2D eigenvalue weighted by Crippen LogP contribution is -2.76. The lowest BCUT2D eigenvalue weighted by atomic mass is 9.53. The van der Waals surface area contributed by atoms with Gasteiger partial charge in [0, 0.05) is 30.8 Å². The fourth-order valence-electron chi connectivity index (χ4n) is 9.37. The van der Waals surface area contributed by atoms with Crippen molar-refractivity contribution in [3.63, 3.8) is 0 Å². The molecule has 0 aromatic rings. The van der Waals surface area contributed by atoms with E-state index in [-0.39, 0.29) is 5.57 Å². The van der Waals surface area contributed by atoms with E-state index in [0.717, 1.165) is 12.8 Å². The molecule has 3 saturated heterocycles. The first-order valence-electron chi connectivity index (χ1n) is 17.0. The van der Waals surface area contributed by atoms with Gasteiger partial charge in [-0.3, -0.25) is 9.59 Å². The predicted molar refractivity (Wildman–Crippen MR) is 167 cm³/mol. The van der Waals surface area contributed by atoms with Gasteiger partial charge in [-0.2, -0.15) is 0 Å². The van der Waals surface area contributed by atoms with Gasteiger partial charge in [0.15, 0.2) is 17.0 Å². The number of ether oxygens (including phenoxy) is 5. The number of hydrogen-bond donors (Lipinski definition) is 3. The second-order valence-corrected chi connectivity index (χ2v) is 14.4. The Morgan fingerprint density at radius 1 is 1.07 bits per heavy atom. The van der Waals surface area contributed by atoms with E-state index in [2.05, 4.69) is 19.6 Å². The average Bonchev–Trinajstić information content (AvgIpc) is 3.64. The summed E-state index contributed by atoms with van der Waals surface area (Å²) >= 11 is 0. The van der Waals surface area contributed by atoms with Crippen molar-refractivity contribution >= 4 is 11.8 Å². The summed E-state index contributed by atoms with van der Waals surface area (Å²) < 4.78 is 32.6. The number of ketones is 1. The molecule has 0 spiro atoms. The largest absolute Gasteiger partial charge is 0.459 e. The van der Waals surface area contributed by atoms with Crippen molar-refractivity contribution in [3.05, 3.63) is 48.1 Å². The monoisotopic (exact) mass is 642 g/mol. The zero-order chi connectivity index (χ0) is 33.3. The van der Waals surface area contributed by atoms with Gasteiger partial charge in [0.25, 0.3) is 0 Å². The van der Waals surface area contributed by atoms with Crippen molar-refractivity contribution in [1.82, 2.24) is 0 Å². The standard InChI is InChI=1S/C36H50O10/c1-7-8-9-10-11-12-13-14-15-16-17-18-33-44-30-26-29-32(20-37,43-29)31(40)34(41)25(19-22(4)27(34)39)36(26,46-33)23(5)28(42-24(6)38)35(30,45-33)21(2)3/h15-19,23,25-26,28-31,37,40-41H,2,7-14,20H2,1,3-6H3/b16-15-,18-17+/t23-,25?,26?,28-,29+,30-,31-,32+,33?,34-,35+,36+/m1/s1. The van der Waals surface area contributed by atoms with Gasteiger partial charge in [0.2, 0.25) is 0 Å². The summed E-state index contributed by atoms with van der Waals surface area (Å²) in [5.41, 5.74) is -6.13. The van der Waals surface area contributed by atoms with Gasteiger partial charge in [-0.25, -0.2) is 0 Å². The quantitative estimate of drug-likeness (QED) is 0.0888. The van der Waals surface area contributed by atoms with E-state index in [0.29, 0.717) is 5.57 Å². The van der Waals surface area contributed by atoms with Crippen molar-refractivity contribution in [2.75, 3.05) is 6.61 Å². The minimum Gasteiger partial charge on any atom is -0.459 e. The number of aliphatic hydroxyl groups is 3. The lowest BCUT2D eigenvalue weighted by Gasteiger charge is -2.61. The molecule has 5 fully saturated rings. The molecule has 10 nitrogen and oxygen atoms in total. The van der Waals surface area contributed by atoms with Gasteiger partial charge in [-0.15, -0.1) is 0 Å². The molecular weight excluding hydrogens is 592 g/mol. The molecule has 3 aliphatic heterocycles. The summed E-state index contributed by atoms with van der Waals surface area (Å²) in [5.74, 6) is -5.58. The minimum atomic E-state index is -2.38. The topological polar surface area (TPSA) is 144 Å². The van der Waals surface area contributed by atoms with Crippen LogP contribution in [-0.4, -0.2) is 86.5 Å². The molecule has 6 aliphatic rings. The van der Waals surface area contributed by atoms with E-state index in [9.17, 15) is 24.9 Å². The Labute approximate surface area is 271 Å². The van der Waals surface area contributed by atoms with Crippen LogP contribution >= 0.6 is 0 Å². The first kappa shape index (κ1) is 33.7. The van der Waals surface area contributed by atoms with E-state index < -0.39 is 88.9 Å². The predicted octanol–water partition coefficient (Wildman–Crippen LogP) is 3.97. The molecule has 3 heterocycles.